The molecule has 14 nitrogen and oxygen atoms in total. The summed E-state index contributed by atoms with van der Waals surface area (Å²) in [6.45, 7) is 13.5. The van der Waals surface area contributed by atoms with E-state index in [-0.39, 0.29) is 13.2 Å². The molecule has 0 saturated carbocycles. The minimum Gasteiger partial charge on any atom is -0.460 e. The zero-order chi connectivity index (χ0) is 41.3. The molecule has 55 heavy (non-hydrogen) atoms. The van der Waals surface area contributed by atoms with Crippen LogP contribution in [-0.4, -0.2) is 94.3 Å². The monoisotopic (exact) mass is 827 g/mol. The van der Waals surface area contributed by atoms with Gasteiger partial charge in [-0.25, -0.2) is 10.2 Å². The molecule has 0 bridgehead atoms. The van der Waals surface area contributed by atoms with E-state index in [0.717, 1.165) is 10.9 Å². The summed E-state index contributed by atoms with van der Waals surface area (Å²) in [5.41, 5.74) is 2.91. The number of hydrogen-bond donors (Lipinski definition) is 3. The molecule has 17 heteroatoms. The first-order chi connectivity index (χ1) is 25.5. The van der Waals surface area contributed by atoms with Crippen LogP contribution >= 0.6 is 34.8 Å². The van der Waals surface area contributed by atoms with E-state index < -0.39 is 81.4 Å². The van der Waals surface area contributed by atoms with E-state index in [0.29, 0.717) is 24.1 Å². The van der Waals surface area contributed by atoms with Crippen LogP contribution in [0.4, 0.5) is 4.79 Å². The SMILES string of the molecule is COCC(C)(/C=C/c1ccc2ccc([C@@H](C)NC(=O)OC(C)(C)C)nc2c1)C(=O)O[C@H](C(=O)N[C@@H](C)C(=O)N1CCC[C@@H](C(=O)OCC(Cl)(Cl)Cl)N1)C(C)C. The molecule has 1 aliphatic rings. The van der Waals surface area contributed by atoms with E-state index in [1.165, 1.54) is 19.0 Å². The average Bonchev–Trinajstić information content (AvgIpc) is 3.09. The number of nitrogens with zero attached hydrogens (tertiary/aromatic N) is 2. The van der Waals surface area contributed by atoms with Crippen LogP contribution in [0.2, 0.25) is 0 Å². The Labute approximate surface area is 337 Å². The largest absolute Gasteiger partial charge is 0.460 e. The minimum absolute atomic E-state index is 0.0562. The molecule has 0 spiro atoms. The van der Waals surface area contributed by atoms with Gasteiger partial charge in [0.15, 0.2) is 6.10 Å². The van der Waals surface area contributed by atoms with Gasteiger partial charge in [0.05, 0.1) is 23.9 Å². The molecule has 1 aliphatic heterocycles. The summed E-state index contributed by atoms with van der Waals surface area (Å²) >= 11 is 17.0. The van der Waals surface area contributed by atoms with Gasteiger partial charge in [-0.3, -0.25) is 29.2 Å². The Morgan fingerprint density at radius 3 is 2.29 bits per heavy atom. The molecule has 1 saturated heterocycles. The van der Waals surface area contributed by atoms with Gasteiger partial charge in [-0.15, -0.1) is 0 Å². The normalized spacial score (nSPS) is 17.9. The Kier molecular flexibility index (Phi) is 16.2. The number of hydrazine groups is 1. The fourth-order valence-corrected chi connectivity index (χ4v) is 5.67. The van der Waals surface area contributed by atoms with E-state index in [2.05, 4.69) is 16.1 Å². The van der Waals surface area contributed by atoms with Crippen molar-refractivity contribution in [1.29, 1.82) is 0 Å². The van der Waals surface area contributed by atoms with E-state index in [1.807, 2.05) is 37.3 Å². The molecule has 2 heterocycles. The lowest BCUT2D eigenvalue weighted by Crippen LogP contribution is -2.60. The molecule has 304 valence electrons. The van der Waals surface area contributed by atoms with E-state index in [9.17, 15) is 24.0 Å². The Morgan fingerprint density at radius 1 is 1.00 bits per heavy atom. The Bertz CT molecular complexity index is 1730. The van der Waals surface area contributed by atoms with Crippen molar-refractivity contribution in [2.45, 2.75) is 102 Å². The van der Waals surface area contributed by atoms with E-state index >= 15 is 0 Å². The zero-order valence-corrected chi connectivity index (χ0v) is 34.9. The number of halogens is 3. The van der Waals surface area contributed by atoms with Gasteiger partial charge >= 0.3 is 18.0 Å². The third-order valence-electron chi connectivity index (χ3n) is 8.41. The molecule has 1 unspecified atom stereocenters. The van der Waals surface area contributed by atoms with Crippen molar-refractivity contribution in [1.82, 2.24) is 26.1 Å². The summed E-state index contributed by atoms with van der Waals surface area (Å²) < 4.78 is 19.8. The molecule has 3 N–H and O–H groups in total. The average molecular weight is 829 g/mol. The number of methoxy groups -OCH3 is 1. The number of hydrogen-bond acceptors (Lipinski definition) is 11. The van der Waals surface area contributed by atoms with Gasteiger partial charge in [0.2, 0.25) is 3.79 Å². The van der Waals surface area contributed by atoms with Gasteiger partial charge in [-0.05, 0) is 78.0 Å². The van der Waals surface area contributed by atoms with Crippen molar-refractivity contribution in [3.8, 4) is 0 Å². The second-order valence-electron chi connectivity index (χ2n) is 15.1. The van der Waals surface area contributed by atoms with Gasteiger partial charge in [-0.1, -0.05) is 79.0 Å². The highest BCUT2D eigenvalue weighted by Crippen LogP contribution is 2.28. The van der Waals surface area contributed by atoms with Crippen LogP contribution in [0.1, 0.15) is 85.5 Å². The third-order valence-corrected chi connectivity index (χ3v) is 8.74. The van der Waals surface area contributed by atoms with Gasteiger partial charge in [0, 0.05) is 19.0 Å². The fourth-order valence-electron chi connectivity index (χ4n) is 5.51. The second-order valence-corrected chi connectivity index (χ2v) is 17.6. The standard InChI is InChI=1S/C38H52Cl3N5O9/c1-22(2)30(31(47)42-24(4)32(48)46-18-10-11-28(45-46)33(49)53-21-38(39,40)41)54-34(50)37(8,20-52-9)17-16-25-12-13-26-14-15-27(44-29(26)19-25)23(3)43-35(51)55-36(5,6)7/h12-17,19,22-24,28,30,45H,10-11,18,20-21H2,1-9H3,(H,42,47)(H,43,51)/b17-16+/t23-,24+,28+,30+,37?/m1/s1. The number of benzene rings is 1. The second kappa shape index (κ2) is 19.4. The van der Waals surface area contributed by atoms with Gasteiger partial charge in [-0.2, -0.15) is 0 Å². The highest BCUT2D eigenvalue weighted by molar-refractivity contribution is 6.67. The predicted octanol–water partition coefficient (Wildman–Crippen LogP) is 5.97. The van der Waals surface area contributed by atoms with Crippen molar-refractivity contribution < 1.29 is 42.9 Å². The number of ether oxygens (including phenoxy) is 4. The Morgan fingerprint density at radius 2 is 1.67 bits per heavy atom. The molecule has 3 amide bonds. The Hall–Kier alpha value is -3.69. The number of fused-ring (bicyclic) bond motifs is 1. The van der Waals surface area contributed by atoms with Crippen LogP contribution in [0.15, 0.2) is 36.4 Å². The van der Waals surface area contributed by atoms with Crippen molar-refractivity contribution in [3.63, 3.8) is 0 Å². The maximum absolute atomic E-state index is 13.7. The first kappa shape index (κ1) is 45.7. The number of nitrogens with one attached hydrogen (secondary N) is 3. The van der Waals surface area contributed by atoms with Gasteiger partial charge < -0.3 is 29.6 Å². The first-order valence-corrected chi connectivity index (χ1v) is 19.1. The lowest BCUT2D eigenvalue weighted by atomic mass is 9.90. The van der Waals surface area contributed by atoms with Crippen LogP contribution in [-0.2, 0) is 38.1 Å². The maximum Gasteiger partial charge on any atom is 0.408 e. The van der Waals surface area contributed by atoms with Crippen molar-refractivity contribution in [2.24, 2.45) is 11.3 Å². The number of aromatic nitrogens is 1. The summed E-state index contributed by atoms with van der Waals surface area (Å²) in [4.78, 5) is 70.0. The van der Waals surface area contributed by atoms with Crippen LogP contribution in [0.3, 0.4) is 0 Å². The van der Waals surface area contributed by atoms with E-state index in [1.54, 1.807) is 53.7 Å². The number of alkyl halides is 3. The molecule has 3 rings (SSSR count). The predicted molar refractivity (Wildman–Crippen MR) is 210 cm³/mol. The van der Waals surface area contributed by atoms with Crippen LogP contribution in [0.25, 0.3) is 17.0 Å². The molecule has 1 aromatic heterocycles. The van der Waals surface area contributed by atoms with Crippen LogP contribution in [0.5, 0.6) is 0 Å². The van der Waals surface area contributed by atoms with Crippen LogP contribution in [0, 0.1) is 11.3 Å². The lowest BCUT2D eigenvalue weighted by molar-refractivity contribution is -0.168. The van der Waals surface area contributed by atoms with Crippen LogP contribution < -0.4 is 16.1 Å². The molecule has 1 fully saturated rings. The van der Waals surface area contributed by atoms with Crippen molar-refractivity contribution >= 4 is 81.6 Å². The molecule has 1 aromatic carbocycles. The molecular weight excluding hydrogens is 777 g/mol. The first-order valence-electron chi connectivity index (χ1n) is 17.9. The van der Waals surface area contributed by atoms with Gasteiger partial charge in [0.1, 0.15) is 29.7 Å². The quantitative estimate of drug-likeness (QED) is 0.116. The Balaban J connectivity index is 1.70. The lowest BCUT2D eigenvalue weighted by Gasteiger charge is -2.35. The highest BCUT2D eigenvalue weighted by atomic mass is 35.6. The highest BCUT2D eigenvalue weighted by Gasteiger charge is 2.39. The number of carbonyl (C=O) groups is 5. The number of esters is 2. The summed E-state index contributed by atoms with van der Waals surface area (Å²) in [6.07, 6.45) is 2.46. The van der Waals surface area contributed by atoms with Gasteiger partial charge in [0.25, 0.3) is 11.8 Å². The smallest absolute Gasteiger partial charge is 0.408 e. The number of amides is 3. The number of carbonyl (C=O) groups excluding carboxylic acids is 5. The molecule has 5 atom stereocenters. The summed E-state index contributed by atoms with van der Waals surface area (Å²) in [5.74, 6) is -3.05. The molecule has 0 radical (unpaired) electrons. The van der Waals surface area contributed by atoms with Crippen molar-refractivity contribution in [3.05, 3.63) is 47.7 Å². The number of pyridine rings is 1. The fraction of sp³-hybridized carbons (Fsp3) is 0.579. The molecular formula is C38H52Cl3N5O9. The molecule has 2 aromatic rings. The number of rotatable bonds is 14. The van der Waals surface area contributed by atoms with E-state index in [4.69, 9.17) is 58.7 Å². The molecule has 0 aliphatic carbocycles. The van der Waals surface area contributed by atoms with Crippen molar-refractivity contribution in [2.75, 3.05) is 26.9 Å². The third kappa shape index (κ3) is 14.1. The summed E-state index contributed by atoms with van der Waals surface area (Å²) in [5, 5.41) is 7.55. The topological polar surface area (TPSA) is 174 Å². The minimum atomic E-state index is -1.78. The maximum atomic E-state index is 13.7. The zero-order valence-electron chi connectivity index (χ0n) is 32.7. The number of alkyl carbamates (subject to hydrolysis) is 1. The summed E-state index contributed by atoms with van der Waals surface area (Å²) in [7, 11) is 1.45. The summed E-state index contributed by atoms with van der Waals surface area (Å²) in [6, 6.07) is 7.03.